The predicted molar refractivity (Wildman–Crippen MR) is 44.1 cm³/mol. The highest BCUT2D eigenvalue weighted by Gasteiger charge is 2.45. The maximum Gasteiger partial charge on any atom is 0.378 e. The van der Waals surface area contributed by atoms with Crippen molar-refractivity contribution < 1.29 is 23.7 Å². The van der Waals surface area contributed by atoms with E-state index in [1.54, 1.807) is 6.08 Å². The molecular formula is C8H11F2NO3. The van der Waals surface area contributed by atoms with Gasteiger partial charge in [0.2, 0.25) is 6.29 Å². The second-order valence-electron chi connectivity index (χ2n) is 2.71. The molecule has 1 rings (SSSR count). The van der Waals surface area contributed by atoms with Gasteiger partial charge in [0.1, 0.15) is 0 Å². The fourth-order valence-corrected chi connectivity index (χ4v) is 1.08. The Bertz CT molecular complexity index is 263. The van der Waals surface area contributed by atoms with Gasteiger partial charge in [0, 0.05) is 6.54 Å². The molecule has 0 aromatic carbocycles. The molecule has 0 amide bonds. The molecule has 1 aliphatic rings. The number of allylic oxidation sites excluding steroid dienone is 2. The predicted octanol–water partition coefficient (Wildman–Crippen LogP) is 0.249. The van der Waals surface area contributed by atoms with Crippen LogP contribution in [0, 0.1) is 0 Å². The molecule has 0 fully saturated rings. The van der Waals surface area contributed by atoms with E-state index in [1.807, 2.05) is 0 Å². The lowest BCUT2D eigenvalue weighted by Crippen LogP contribution is -2.50. The van der Waals surface area contributed by atoms with E-state index in [0.717, 1.165) is 0 Å². The van der Waals surface area contributed by atoms with Crippen LogP contribution in [0.1, 0.15) is 0 Å². The topological polar surface area (TPSA) is 52.9 Å². The lowest BCUT2D eigenvalue weighted by molar-refractivity contribution is -0.276. The maximum atomic E-state index is 13.1. The van der Waals surface area contributed by atoms with Crippen molar-refractivity contribution in [1.29, 1.82) is 0 Å². The van der Waals surface area contributed by atoms with Crippen LogP contribution in [-0.4, -0.2) is 41.1 Å². The third-order valence-corrected chi connectivity index (χ3v) is 1.81. The first-order chi connectivity index (χ1) is 6.50. The molecule has 0 saturated heterocycles. The van der Waals surface area contributed by atoms with Crippen molar-refractivity contribution in [2.45, 2.75) is 12.3 Å². The van der Waals surface area contributed by atoms with E-state index in [0.29, 0.717) is 4.90 Å². The molecule has 0 spiro atoms. The summed E-state index contributed by atoms with van der Waals surface area (Å²) in [6.45, 7) is -0.135. The fraction of sp³-hybridized carbons (Fsp3) is 0.500. The SMILES string of the molecule is COC1=CC=CCN1C(F)(F)C(O)O. The van der Waals surface area contributed by atoms with Crippen LogP contribution in [0.3, 0.4) is 0 Å². The Hall–Kier alpha value is -1.14. The van der Waals surface area contributed by atoms with E-state index < -0.39 is 12.3 Å². The van der Waals surface area contributed by atoms with Crippen LogP contribution in [0.4, 0.5) is 8.78 Å². The summed E-state index contributed by atoms with van der Waals surface area (Å²) in [5, 5.41) is 17.0. The number of alkyl halides is 2. The highest BCUT2D eigenvalue weighted by Crippen LogP contribution is 2.28. The number of rotatable bonds is 3. The Balaban J connectivity index is 2.87. The number of ether oxygens (including phenoxy) is 1. The lowest BCUT2D eigenvalue weighted by atomic mass is 10.3. The molecule has 0 unspecified atom stereocenters. The molecule has 14 heavy (non-hydrogen) atoms. The summed E-state index contributed by atoms with van der Waals surface area (Å²) < 4.78 is 31.0. The van der Waals surface area contributed by atoms with Gasteiger partial charge in [0.05, 0.1) is 7.11 Å². The number of nitrogens with zero attached hydrogens (tertiary/aromatic N) is 1. The third kappa shape index (κ3) is 1.85. The minimum absolute atomic E-state index is 0.106. The van der Waals surface area contributed by atoms with Gasteiger partial charge in [-0.2, -0.15) is 8.78 Å². The molecule has 0 aliphatic carbocycles. The van der Waals surface area contributed by atoms with Gasteiger partial charge >= 0.3 is 6.05 Å². The summed E-state index contributed by atoms with van der Waals surface area (Å²) >= 11 is 0. The zero-order valence-corrected chi connectivity index (χ0v) is 7.52. The molecule has 0 aromatic rings. The number of aliphatic hydroxyl groups is 2. The van der Waals surface area contributed by atoms with E-state index in [-0.39, 0.29) is 12.4 Å². The van der Waals surface area contributed by atoms with E-state index >= 15 is 0 Å². The monoisotopic (exact) mass is 207 g/mol. The van der Waals surface area contributed by atoms with Crippen LogP contribution in [0.2, 0.25) is 0 Å². The van der Waals surface area contributed by atoms with Crippen LogP contribution in [0.5, 0.6) is 0 Å². The average Bonchev–Trinajstić information content (AvgIpc) is 2.17. The van der Waals surface area contributed by atoms with Crippen molar-refractivity contribution in [3.63, 3.8) is 0 Å². The molecule has 2 N–H and O–H groups in total. The lowest BCUT2D eigenvalue weighted by Gasteiger charge is -2.34. The largest absolute Gasteiger partial charge is 0.482 e. The van der Waals surface area contributed by atoms with Gasteiger partial charge in [0.25, 0.3) is 0 Å². The molecule has 1 aliphatic heterocycles. The van der Waals surface area contributed by atoms with Crippen molar-refractivity contribution >= 4 is 0 Å². The summed E-state index contributed by atoms with van der Waals surface area (Å²) in [7, 11) is 1.23. The summed E-state index contributed by atoms with van der Waals surface area (Å²) in [6, 6.07) is -3.76. The Morgan fingerprint density at radius 3 is 2.71 bits per heavy atom. The van der Waals surface area contributed by atoms with Crippen LogP contribution < -0.4 is 0 Å². The van der Waals surface area contributed by atoms with E-state index in [9.17, 15) is 8.78 Å². The summed E-state index contributed by atoms with van der Waals surface area (Å²) in [4.78, 5) is 0.470. The maximum absolute atomic E-state index is 13.1. The van der Waals surface area contributed by atoms with Crippen molar-refractivity contribution in [3.05, 3.63) is 24.1 Å². The minimum Gasteiger partial charge on any atom is -0.482 e. The van der Waals surface area contributed by atoms with Gasteiger partial charge in [-0.05, 0) is 6.08 Å². The highest BCUT2D eigenvalue weighted by molar-refractivity contribution is 5.14. The second kappa shape index (κ2) is 3.93. The van der Waals surface area contributed by atoms with Crippen LogP contribution >= 0.6 is 0 Å². The molecule has 0 atom stereocenters. The quantitative estimate of drug-likeness (QED) is 0.514. The van der Waals surface area contributed by atoms with E-state index in [4.69, 9.17) is 10.2 Å². The Labute approximate surface area is 79.7 Å². The van der Waals surface area contributed by atoms with Crippen molar-refractivity contribution in [2.75, 3.05) is 13.7 Å². The van der Waals surface area contributed by atoms with Gasteiger partial charge in [-0.3, -0.25) is 4.90 Å². The molecule has 1 heterocycles. The Morgan fingerprint density at radius 2 is 2.21 bits per heavy atom. The zero-order chi connectivity index (χ0) is 10.8. The number of methoxy groups -OCH3 is 1. The van der Waals surface area contributed by atoms with Crippen LogP contribution in [0.25, 0.3) is 0 Å². The van der Waals surface area contributed by atoms with Gasteiger partial charge in [0.15, 0.2) is 5.88 Å². The molecule has 0 aromatic heterocycles. The van der Waals surface area contributed by atoms with Crippen molar-refractivity contribution in [3.8, 4) is 0 Å². The summed E-state index contributed by atoms with van der Waals surface area (Å²) in [6.07, 6.45) is 1.58. The van der Waals surface area contributed by atoms with Crippen molar-refractivity contribution in [1.82, 2.24) is 4.90 Å². The number of halogens is 2. The average molecular weight is 207 g/mol. The first-order valence-corrected chi connectivity index (χ1v) is 3.92. The van der Waals surface area contributed by atoms with Crippen LogP contribution in [-0.2, 0) is 4.74 Å². The van der Waals surface area contributed by atoms with Gasteiger partial charge in [-0.25, -0.2) is 0 Å². The normalized spacial score (nSPS) is 17.3. The van der Waals surface area contributed by atoms with Gasteiger partial charge < -0.3 is 14.9 Å². The van der Waals surface area contributed by atoms with E-state index in [2.05, 4.69) is 4.74 Å². The minimum atomic E-state index is -3.76. The van der Waals surface area contributed by atoms with Crippen molar-refractivity contribution in [2.24, 2.45) is 0 Å². The first kappa shape index (κ1) is 10.9. The fourth-order valence-electron chi connectivity index (χ4n) is 1.08. The smallest absolute Gasteiger partial charge is 0.378 e. The van der Waals surface area contributed by atoms with Gasteiger partial charge in [-0.1, -0.05) is 12.2 Å². The Kier molecular flexibility index (Phi) is 3.07. The molecule has 0 bridgehead atoms. The summed E-state index contributed by atoms with van der Waals surface area (Å²) in [5.41, 5.74) is 0. The third-order valence-electron chi connectivity index (χ3n) is 1.81. The molecule has 0 radical (unpaired) electrons. The molecule has 0 saturated carbocycles. The van der Waals surface area contributed by atoms with Crippen LogP contribution in [0.15, 0.2) is 24.1 Å². The highest BCUT2D eigenvalue weighted by atomic mass is 19.3. The first-order valence-electron chi connectivity index (χ1n) is 3.92. The Morgan fingerprint density at radius 1 is 1.57 bits per heavy atom. The van der Waals surface area contributed by atoms with E-state index in [1.165, 1.54) is 19.3 Å². The summed E-state index contributed by atoms with van der Waals surface area (Å²) in [5.74, 6) is -0.106. The standard InChI is InChI=1S/C8H11F2NO3/c1-14-6-4-2-3-5-11(6)8(9,10)7(12)13/h2-4,7,12-13H,5H2,1H3. The molecule has 80 valence electrons. The number of aliphatic hydroxyl groups excluding tert-OH is 1. The zero-order valence-electron chi connectivity index (χ0n) is 7.52. The molecule has 6 heteroatoms. The van der Waals surface area contributed by atoms with Gasteiger partial charge in [-0.15, -0.1) is 0 Å². The molecule has 4 nitrogen and oxygen atoms in total. The molecular weight excluding hydrogens is 196 g/mol. The number of hydrogen-bond acceptors (Lipinski definition) is 4. The second-order valence-corrected chi connectivity index (χ2v) is 2.71. The number of hydrogen-bond donors (Lipinski definition) is 2.